The average molecular weight is 455 g/mol. The van der Waals surface area contributed by atoms with E-state index in [9.17, 15) is 0 Å². The second-order valence-electron chi connectivity index (χ2n) is 9.03. The lowest BCUT2D eigenvalue weighted by Gasteiger charge is -2.21. The Balaban J connectivity index is 1.52. The Bertz CT molecular complexity index is 1700. The minimum atomic E-state index is 0.937. The third-order valence-electron chi connectivity index (χ3n) is 6.67. The van der Waals surface area contributed by atoms with Gasteiger partial charge in [0, 0.05) is 35.9 Å². The number of hydrogen-bond donors (Lipinski definition) is 0. The molecule has 4 nitrogen and oxygen atoms in total. The summed E-state index contributed by atoms with van der Waals surface area (Å²) in [6.45, 7) is 4.20. The zero-order valence-corrected chi connectivity index (χ0v) is 20.1. The molecular weight excluding hydrogens is 428 g/mol. The van der Waals surface area contributed by atoms with Gasteiger partial charge in [0.05, 0.1) is 11.0 Å². The maximum Gasteiger partial charge on any atom is 0.137 e. The molecule has 6 aromatic rings. The Hall–Kier alpha value is -4.44. The van der Waals surface area contributed by atoms with Crippen molar-refractivity contribution in [2.45, 2.75) is 13.8 Å². The van der Waals surface area contributed by atoms with E-state index in [0.717, 1.165) is 33.9 Å². The van der Waals surface area contributed by atoms with Gasteiger partial charge in [0.1, 0.15) is 11.6 Å². The highest BCUT2D eigenvalue weighted by atomic mass is 15.2. The van der Waals surface area contributed by atoms with Gasteiger partial charge in [-0.15, -0.1) is 0 Å². The molecule has 0 radical (unpaired) electrons. The van der Waals surface area contributed by atoms with E-state index in [4.69, 9.17) is 4.98 Å². The maximum absolute atomic E-state index is 4.71. The van der Waals surface area contributed by atoms with Crippen LogP contribution in [0, 0.1) is 13.8 Å². The number of anilines is 2. The van der Waals surface area contributed by atoms with Crippen LogP contribution in [0.1, 0.15) is 11.1 Å². The number of pyridine rings is 2. The summed E-state index contributed by atoms with van der Waals surface area (Å²) in [5.41, 5.74) is 8.10. The third-order valence-corrected chi connectivity index (χ3v) is 6.67. The number of aryl methyl sites for hydroxylation is 2. The fourth-order valence-electron chi connectivity index (χ4n) is 4.88. The summed E-state index contributed by atoms with van der Waals surface area (Å²) in [4.78, 5) is 11.4. The molecule has 0 aliphatic heterocycles. The highest BCUT2D eigenvalue weighted by Crippen LogP contribution is 2.35. The van der Waals surface area contributed by atoms with E-state index >= 15 is 0 Å². The molecule has 35 heavy (non-hydrogen) atoms. The van der Waals surface area contributed by atoms with Crippen LogP contribution in [-0.4, -0.2) is 21.6 Å². The van der Waals surface area contributed by atoms with Crippen LogP contribution in [-0.2, 0) is 0 Å². The monoisotopic (exact) mass is 454 g/mol. The molecule has 0 N–H and O–H groups in total. The van der Waals surface area contributed by atoms with Gasteiger partial charge in [-0.2, -0.15) is 0 Å². The summed E-state index contributed by atoms with van der Waals surface area (Å²) in [7, 11) is 2.07. The molecule has 6 rings (SSSR count). The molecule has 0 saturated carbocycles. The fourth-order valence-corrected chi connectivity index (χ4v) is 4.88. The summed E-state index contributed by atoms with van der Waals surface area (Å²) >= 11 is 0. The van der Waals surface area contributed by atoms with Gasteiger partial charge in [0.25, 0.3) is 0 Å². The normalized spacial score (nSPS) is 11.3. The second kappa shape index (κ2) is 8.41. The van der Waals surface area contributed by atoms with Gasteiger partial charge in [-0.05, 0) is 78.6 Å². The standard InChI is InChI=1S/C31H26N4/c1-21-15-17-32-30(18-21)35-28-12-5-4-11-26(28)27-14-13-24(20-29(27)35)23-9-6-10-25(19-23)34(3)31-22(2)8-7-16-33-31/h4-20H,1-3H3. The predicted molar refractivity (Wildman–Crippen MR) is 146 cm³/mol. The van der Waals surface area contributed by atoms with Gasteiger partial charge in [0.15, 0.2) is 0 Å². The van der Waals surface area contributed by atoms with Gasteiger partial charge in [-0.3, -0.25) is 4.57 Å². The van der Waals surface area contributed by atoms with Gasteiger partial charge in [-0.1, -0.05) is 48.5 Å². The van der Waals surface area contributed by atoms with Crippen LogP contribution >= 0.6 is 0 Å². The lowest BCUT2D eigenvalue weighted by atomic mass is 10.0. The molecule has 3 aromatic heterocycles. The zero-order valence-electron chi connectivity index (χ0n) is 20.1. The fraction of sp³-hybridized carbons (Fsp3) is 0.0968. The molecule has 0 saturated heterocycles. The molecule has 0 amide bonds. The van der Waals surface area contributed by atoms with Crippen molar-refractivity contribution in [1.82, 2.24) is 14.5 Å². The number of nitrogens with zero attached hydrogens (tertiary/aromatic N) is 4. The summed E-state index contributed by atoms with van der Waals surface area (Å²) in [6, 6.07) is 32.2. The van der Waals surface area contributed by atoms with Gasteiger partial charge in [-0.25, -0.2) is 9.97 Å². The van der Waals surface area contributed by atoms with Crippen LogP contribution in [0.4, 0.5) is 11.5 Å². The van der Waals surface area contributed by atoms with Gasteiger partial charge < -0.3 is 4.90 Å². The summed E-state index contributed by atoms with van der Waals surface area (Å²) < 4.78 is 2.27. The highest BCUT2D eigenvalue weighted by molar-refractivity contribution is 6.10. The molecule has 0 bridgehead atoms. The second-order valence-corrected chi connectivity index (χ2v) is 9.03. The van der Waals surface area contributed by atoms with Crippen LogP contribution in [0.3, 0.4) is 0 Å². The average Bonchev–Trinajstić information content (AvgIpc) is 3.22. The molecule has 0 fully saturated rings. The van der Waals surface area contributed by atoms with Crippen LogP contribution in [0.5, 0.6) is 0 Å². The summed E-state index contributed by atoms with van der Waals surface area (Å²) in [5.74, 6) is 1.90. The smallest absolute Gasteiger partial charge is 0.137 e. The summed E-state index contributed by atoms with van der Waals surface area (Å²) in [5, 5.41) is 2.46. The molecule has 0 atom stereocenters. The molecule has 170 valence electrons. The van der Waals surface area contributed by atoms with Gasteiger partial charge in [0.2, 0.25) is 0 Å². The van der Waals surface area contributed by atoms with Crippen molar-refractivity contribution < 1.29 is 0 Å². The van der Waals surface area contributed by atoms with Gasteiger partial charge >= 0.3 is 0 Å². The van der Waals surface area contributed by atoms with E-state index in [2.05, 4.69) is 114 Å². The quantitative estimate of drug-likeness (QED) is 0.275. The summed E-state index contributed by atoms with van der Waals surface area (Å²) in [6.07, 6.45) is 3.73. The highest BCUT2D eigenvalue weighted by Gasteiger charge is 2.15. The van der Waals surface area contributed by atoms with Crippen LogP contribution < -0.4 is 4.90 Å². The number of hydrogen-bond acceptors (Lipinski definition) is 3. The Kier molecular flexibility index (Phi) is 5.07. The van der Waals surface area contributed by atoms with Crippen molar-refractivity contribution in [2.75, 3.05) is 11.9 Å². The van der Waals surface area contributed by atoms with Crippen LogP contribution in [0.25, 0.3) is 38.8 Å². The SMILES string of the molecule is Cc1ccnc(-n2c3ccccc3c3ccc(-c4cccc(N(C)c5ncccc5C)c4)cc32)c1. The van der Waals surface area contributed by atoms with Crippen molar-refractivity contribution in [2.24, 2.45) is 0 Å². The van der Waals surface area contributed by atoms with Crippen molar-refractivity contribution >= 4 is 33.3 Å². The van der Waals surface area contributed by atoms with Crippen molar-refractivity contribution in [3.05, 3.63) is 115 Å². The first-order chi connectivity index (χ1) is 17.1. The number of fused-ring (bicyclic) bond motifs is 3. The van der Waals surface area contributed by atoms with E-state index in [0.29, 0.717) is 0 Å². The number of aromatic nitrogens is 3. The molecule has 3 aromatic carbocycles. The first-order valence-corrected chi connectivity index (χ1v) is 11.8. The van der Waals surface area contributed by atoms with E-state index in [1.807, 2.05) is 24.5 Å². The molecular formula is C31H26N4. The molecule has 0 unspecified atom stereocenters. The molecule has 3 heterocycles. The molecule has 0 aliphatic rings. The lowest BCUT2D eigenvalue weighted by molar-refractivity contribution is 1.07. The Labute approximate surface area is 205 Å². The Morgan fingerprint density at radius 3 is 2.34 bits per heavy atom. The molecule has 0 spiro atoms. The predicted octanol–water partition coefficient (Wildman–Crippen LogP) is 7.63. The maximum atomic E-state index is 4.71. The van der Waals surface area contributed by atoms with Crippen LogP contribution in [0.15, 0.2) is 103 Å². The first-order valence-electron chi connectivity index (χ1n) is 11.8. The van der Waals surface area contributed by atoms with Crippen molar-refractivity contribution in [3.63, 3.8) is 0 Å². The van der Waals surface area contributed by atoms with E-state index in [1.54, 1.807) is 0 Å². The lowest BCUT2D eigenvalue weighted by Crippen LogP contribution is -2.12. The van der Waals surface area contributed by atoms with Crippen molar-refractivity contribution in [1.29, 1.82) is 0 Å². The minimum Gasteiger partial charge on any atom is -0.329 e. The van der Waals surface area contributed by atoms with E-state index in [-0.39, 0.29) is 0 Å². The Morgan fingerprint density at radius 1 is 0.657 bits per heavy atom. The largest absolute Gasteiger partial charge is 0.329 e. The van der Waals surface area contributed by atoms with E-state index in [1.165, 1.54) is 27.5 Å². The third kappa shape index (κ3) is 3.64. The minimum absolute atomic E-state index is 0.937. The topological polar surface area (TPSA) is 34.0 Å². The number of benzene rings is 3. The van der Waals surface area contributed by atoms with Crippen molar-refractivity contribution in [3.8, 4) is 16.9 Å². The van der Waals surface area contributed by atoms with E-state index < -0.39 is 0 Å². The number of para-hydroxylation sites is 1. The zero-order chi connectivity index (χ0) is 23.9. The molecule has 0 aliphatic carbocycles. The number of rotatable bonds is 4. The Morgan fingerprint density at radius 2 is 1.49 bits per heavy atom. The first kappa shape index (κ1) is 21.1. The van der Waals surface area contributed by atoms with Crippen LogP contribution in [0.2, 0.25) is 0 Å². The molecule has 4 heteroatoms.